The summed E-state index contributed by atoms with van der Waals surface area (Å²) in [6, 6.07) is -1.10. The second kappa shape index (κ2) is 11.6. The van der Waals surface area contributed by atoms with Crippen LogP contribution in [0.25, 0.3) is 0 Å². The minimum atomic E-state index is -1.78. The van der Waals surface area contributed by atoms with E-state index in [1.54, 1.807) is 0 Å². The van der Waals surface area contributed by atoms with Crippen LogP contribution in [0.4, 0.5) is 5.13 Å². The molecule has 1 aromatic rings. The number of thiazole rings is 1. The molecular formula is C21H26N10O7S3. The quantitative estimate of drug-likeness (QED) is 0.0704. The van der Waals surface area contributed by atoms with Crippen LogP contribution in [0.1, 0.15) is 19.5 Å². The molecule has 20 heteroatoms. The lowest BCUT2D eigenvalue weighted by atomic mass is 10.0. The van der Waals surface area contributed by atoms with Gasteiger partial charge in [0.05, 0.1) is 0 Å². The van der Waals surface area contributed by atoms with E-state index in [1.807, 2.05) is 0 Å². The zero-order valence-corrected chi connectivity index (χ0v) is 24.0. The van der Waals surface area contributed by atoms with E-state index in [0.29, 0.717) is 5.57 Å². The molecule has 0 saturated carbocycles. The molecule has 1 fully saturated rings. The summed E-state index contributed by atoms with van der Waals surface area (Å²) in [5.41, 5.74) is 15.3. The molecule has 1 aromatic heterocycles. The second-order valence-corrected chi connectivity index (χ2v) is 12.1. The Hall–Kier alpha value is -3.85. The molecule has 3 aliphatic rings. The molecule has 0 spiro atoms. The van der Waals surface area contributed by atoms with Crippen LogP contribution in [-0.4, -0.2) is 94.4 Å². The fourth-order valence-electron chi connectivity index (χ4n) is 3.65. The van der Waals surface area contributed by atoms with Crippen molar-refractivity contribution in [3.8, 4) is 0 Å². The molecule has 3 aliphatic heterocycles. The Morgan fingerprint density at radius 2 is 2.02 bits per heavy atom. The van der Waals surface area contributed by atoms with Gasteiger partial charge in [0.2, 0.25) is 5.60 Å². The van der Waals surface area contributed by atoms with E-state index in [1.165, 1.54) is 42.1 Å². The number of amidine groups is 1. The first kappa shape index (κ1) is 30.1. The minimum absolute atomic E-state index is 0.00585. The third-order valence-corrected chi connectivity index (χ3v) is 8.95. The van der Waals surface area contributed by atoms with E-state index in [0.717, 1.165) is 28.0 Å². The summed E-state index contributed by atoms with van der Waals surface area (Å²) < 4.78 is 0. The average molecular weight is 627 g/mol. The molecule has 4 heterocycles. The largest absolute Gasteiger partial charge is 0.478 e. The summed E-state index contributed by atoms with van der Waals surface area (Å²) in [4.78, 5) is 64.2. The molecule has 0 aromatic carbocycles. The van der Waals surface area contributed by atoms with Crippen molar-refractivity contribution in [2.24, 2.45) is 27.5 Å². The number of aromatic nitrogens is 1. The number of oxime groups is 1. The van der Waals surface area contributed by atoms with Crippen LogP contribution in [0.2, 0.25) is 0 Å². The lowest BCUT2D eigenvalue weighted by molar-refractivity contribution is -0.161. The number of hydrogen-bond donors (Lipinski definition) is 7. The molecule has 17 nitrogen and oxygen atoms in total. The number of carboxylic acid groups (broad SMARTS) is 2. The number of nitrogens with one attached hydrogen (secondary N) is 1. The summed E-state index contributed by atoms with van der Waals surface area (Å²) in [7, 11) is 0. The fraction of sp³-hybridized carbons (Fsp3) is 0.381. The number of fused-ring (bicyclic) bond motifs is 1. The smallest absolute Gasteiger partial charge is 0.352 e. The predicted molar refractivity (Wildman–Crippen MR) is 152 cm³/mol. The lowest BCUT2D eigenvalue weighted by Gasteiger charge is -2.49. The predicted octanol–water partition coefficient (Wildman–Crippen LogP) is -1.59. The summed E-state index contributed by atoms with van der Waals surface area (Å²) in [5.74, 6) is 2.25. The summed E-state index contributed by atoms with van der Waals surface area (Å²) in [6.45, 7) is 2.47. The van der Waals surface area contributed by atoms with E-state index in [2.05, 4.69) is 20.4 Å². The Morgan fingerprint density at radius 1 is 1.32 bits per heavy atom. The number of nitrogen functional groups attached to an aromatic ring is 1. The van der Waals surface area contributed by atoms with Gasteiger partial charge in [-0.05, 0) is 25.5 Å². The molecule has 3 atom stereocenters. The van der Waals surface area contributed by atoms with E-state index in [-0.39, 0.29) is 39.0 Å². The van der Waals surface area contributed by atoms with Crippen LogP contribution in [0.3, 0.4) is 0 Å². The maximum atomic E-state index is 13.2. The van der Waals surface area contributed by atoms with Crippen molar-refractivity contribution in [1.82, 2.24) is 20.2 Å². The van der Waals surface area contributed by atoms with Crippen LogP contribution in [0, 0.1) is 0 Å². The molecular weight excluding hydrogens is 600 g/mol. The zero-order chi connectivity index (χ0) is 30.2. The molecule has 41 heavy (non-hydrogen) atoms. The number of β-lactam (4-membered cyclic amide) rings is 1. The maximum Gasteiger partial charge on any atom is 0.352 e. The van der Waals surface area contributed by atoms with Crippen molar-refractivity contribution in [2.75, 3.05) is 17.2 Å². The van der Waals surface area contributed by atoms with Crippen LogP contribution in [0.15, 0.2) is 38.7 Å². The third-order valence-electron chi connectivity index (χ3n) is 5.88. The normalized spacial score (nSPS) is 22.9. The van der Waals surface area contributed by atoms with Gasteiger partial charge in [0, 0.05) is 16.9 Å². The van der Waals surface area contributed by atoms with Crippen molar-refractivity contribution in [3.05, 3.63) is 34.2 Å². The highest BCUT2D eigenvalue weighted by Crippen LogP contribution is 2.41. The SMILES string of the molecule is CC(C)(O/N=C(\C(=O)NC1C(=O)N2C(C(=O)O)=C(CSC3=NC(N)=CC(N)N3N)CS[C@@H]12)c1csc(N)n1)C(=O)O. The Bertz CT molecular complexity index is 1420. The molecule has 11 N–H and O–H groups in total. The lowest BCUT2D eigenvalue weighted by Crippen LogP contribution is -2.71. The molecule has 0 aliphatic carbocycles. The summed E-state index contributed by atoms with van der Waals surface area (Å²) >= 11 is 3.37. The number of hydrogen-bond acceptors (Lipinski definition) is 16. The van der Waals surface area contributed by atoms with E-state index in [9.17, 15) is 29.4 Å². The number of nitrogens with two attached hydrogens (primary N) is 4. The van der Waals surface area contributed by atoms with Gasteiger partial charge in [-0.2, -0.15) is 0 Å². The number of aliphatic carboxylic acids is 2. The Kier molecular flexibility index (Phi) is 8.49. The molecule has 0 radical (unpaired) electrons. The first-order valence-electron chi connectivity index (χ1n) is 11.6. The Balaban J connectivity index is 1.51. The highest BCUT2D eigenvalue weighted by molar-refractivity contribution is 8.14. The molecule has 4 rings (SSSR count). The van der Waals surface area contributed by atoms with Gasteiger partial charge < -0.3 is 37.6 Å². The van der Waals surface area contributed by atoms with Gasteiger partial charge in [0.1, 0.15) is 34.8 Å². The van der Waals surface area contributed by atoms with E-state index >= 15 is 0 Å². The molecule has 2 amide bonds. The van der Waals surface area contributed by atoms with Crippen LogP contribution < -0.4 is 28.4 Å². The number of carbonyl (C=O) groups is 4. The number of carboxylic acids is 2. The van der Waals surface area contributed by atoms with Crippen molar-refractivity contribution in [2.45, 2.75) is 37.0 Å². The molecule has 0 bridgehead atoms. The van der Waals surface area contributed by atoms with Gasteiger partial charge in [-0.1, -0.05) is 16.9 Å². The van der Waals surface area contributed by atoms with E-state index in [4.69, 9.17) is 27.9 Å². The van der Waals surface area contributed by atoms with E-state index < -0.39 is 52.6 Å². The summed E-state index contributed by atoms with van der Waals surface area (Å²) in [5, 5.41) is 27.8. The van der Waals surface area contributed by atoms with Gasteiger partial charge in [-0.3, -0.25) is 19.5 Å². The van der Waals surface area contributed by atoms with Gasteiger partial charge in [-0.25, -0.2) is 25.4 Å². The maximum absolute atomic E-state index is 13.2. The van der Waals surface area contributed by atoms with Gasteiger partial charge in [0.15, 0.2) is 16.0 Å². The Morgan fingerprint density at radius 3 is 2.63 bits per heavy atom. The number of carbonyl (C=O) groups excluding carboxylic acids is 2. The number of amides is 2. The number of thioether (sulfide) groups is 2. The van der Waals surface area contributed by atoms with Crippen LogP contribution >= 0.6 is 34.9 Å². The second-order valence-electron chi connectivity index (χ2n) is 9.21. The van der Waals surface area contributed by atoms with Gasteiger partial charge in [0.25, 0.3) is 11.8 Å². The number of nitrogens with zero attached hydrogens (tertiary/aromatic N) is 5. The number of aliphatic imine (C=N–C) groups is 1. The monoisotopic (exact) mass is 626 g/mol. The number of hydrazine groups is 1. The number of anilines is 1. The fourth-order valence-corrected chi connectivity index (χ4v) is 6.66. The minimum Gasteiger partial charge on any atom is -0.478 e. The standard InChI is InChI=1S/C21H26N10O7S3/c1-21(2,18(36)37)38-29-11(8-6-40-19(24)26-8)14(32)28-12-15(33)30-13(17(34)35)7(4-39-16(12)30)5-41-20-27-9(22)3-10(23)31(20)25/h3,6,10,12,16H,4-5,22-23,25H2,1-2H3,(H2,24,26)(H,28,32)(H,34,35)(H,36,37)/b29-11-/t10?,12?,16-/m0/s1. The zero-order valence-electron chi connectivity index (χ0n) is 21.5. The van der Waals surface area contributed by atoms with Gasteiger partial charge >= 0.3 is 11.9 Å². The van der Waals surface area contributed by atoms with Crippen LogP contribution in [0.5, 0.6) is 0 Å². The van der Waals surface area contributed by atoms with Crippen LogP contribution in [-0.2, 0) is 24.0 Å². The average Bonchev–Trinajstić information content (AvgIpc) is 3.33. The highest BCUT2D eigenvalue weighted by Gasteiger charge is 2.54. The topological polar surface area (TPSA) is 278 Å². The van der Waals surface area contributed by atoms with Crippen molar-refractivity contribution >= 4 is 74.6 Å². The van der Waals surface area contributed by atoms with Crippen molar-refractivity contribution < 1.29 is 34.2 Å². The molecule has 2 unspecified atom stereocenters. The molecule has 1 saturated heterocycles. The summed E-state index contributed by atoms with van der Waals surface area (Å²) in [6.07, 6.45) is 0.753. The first-order chi connectivity index (χ1) is 19.2. The highest BCUT2D eigenvalue weighted by atomic mass is 32.2. The number of rotatable bonds is 9. The van der Waals surface area contributed by atoms with Crippen molar-refractivity contribution in [1.29, 1.82) is 0 Å². The Labute approximate surface area is 244 Å². The third kappa shape index (κ3) is 6.10. The van der Waals surface area contributed by atoms with Crippen molar-refractivity contribution in [3.63, 3.8) is 0 Å². The first-order valence-corrected chi connectivity index (χ1v) is 14.5. The molecule has 220 valence electrons. The van der Waals surface area contributed by atoms with Gasteiger partial charge in [-0.15, -0.1) is 23.1 Å².